The summed E-state index contributed by atoms with van der Waals surface area (Å²) in [6, 6.07) is 0. The number of nitrogens with zero attached hydrogens (tertiary/aromatic N) is 4. The van der Waals surface area contributed by atoms with E-state index in [0.29, 0.717) is 11.6 Å². The summed E-state index contributed by atoms with van der Waals surface area (Å²) in [5, 5.41) is 15.8. The smallest absolute Gasteiger partial charge is 0.339 e. The molecule has 0 saturated heterocycles. The van der Waals surface area contributed by atoms with E-state index in [1.54, 1.807) is 31.0 Å². The lowest BCUT2D eigenvalue weighted by Gasteiger charge is -2.04. The number of rotatable bonds is 3. The Kier molecular flexibility index (Phi) is 2.73. The van der Waals surface area contributed by atoms with Crippen LogP contribution < -0.4 is 5.32 Å². The minimum atomic E-state index is -1.03. The zero-order chi connectivity index (χ0) is 12.4. The lowest BCUT2D eigenvalue weighted by molar-refractivity contribution is 0.0695. The third kappa shape index (κ3) is 2.39. The Bertz CT molecular complexity index is 564. The molecule has 0 fully saturated rings. The highest BCUT2D eigenvalue weighted by molar-refractivity contribution is 5.88. The summed E-state index contributed by atoms with van der Waals surface area (Å²) in [6.45, 7) is 1.62. The molecule has 0 radical (unpaired) electrons. The Morgan fingerprint density at radius 2 is 2.24 bits per heavy atom. The van der Waals surface area contributed by atoms with Gasteiger partial charge in [0.25, 0.3) is 0 Å². The molecule has 17 heavy (non-hydrogen) atoms. The maximum Gasteiger partial charge on any atom is 0.339 e. The van der Waals surface area contributed by atoms with E-state index in [1.165, 1.54) is 6.20 Å². The summed E-state index contributed by atoms with van der Waals surface area (Å²) in [5.74, 6) is -0.684. The van der Waals surface area contributed by atoms with E-state index < -0.39 is 5.97 Å². The molecule has 0 saturated carbocycles. The number of nitrogens with one attached hydrogen (secondary N) is 1. The number of carboxylic acid groups (broad SMARTS) is 1. The second-order valence-electron chi connectivity index (χ2n) is 3.53. The van der Waals surface area contributed by atoms with Gasteiger partial charge in [0.2, 0.25) is 5.95 Å². The molecule has 2 rings (SSSR count). The molecule has 2 N–H and O–H groups in total. The van der Waals surface area contributed by atoms with E-state index >= 15 is 0 Å². The topological polar surface area (TPSA) is 92.9 Å². The second kappa shape index (κ2) is 4.20. The van der Waals surface area contributed by atoms with Crippen molar-refractivity contribution in [1.82, 2.24) is 19.7 Å². The van der Waals surface area contributed by atoms with Crippen LogP contribution in [-0.4, -0.2) is 30.8 Å². The maximum atomic E-state index is 10.8. The van der Waals surface area contributed by atoms with Crippen LogP contribution in [0.3, 0.4) is 0 Å². The fraction of sp³-hybridized carbons (Fsp3) is 0.200. The van der Waals surface area contributed by atoms with Gasteiger partial charge < -0.3 is 10.4 Å². The highest BCUT2D eigenvalue weighted by Crippen LogP contribution is 2.12. The van der Waals surface area contributed by atoms with Gasteiger partial charge in [-0.15, -0.1) is 0 Å². The summed E-state index contributed by atoms with van der Waals surface area (Å²) in [7, 11) is 1.80. The third-order valence-corrected chi connectivity index (χ3v) is 2.17. The molecule has 0 aliphatic carbocycles. The molecular weight excluding hydrogens is 222 g/mol. The van der Waals surface area contributed by atoms with Crippen molar-refractivity contribution in [2.75, 3.05) is 5.32 Å². The van der Waals surface area contributed by atoms with Crippen LogP contribution in [0.25, 0.3) is 0 Å². The average Bonchev–Trinajstić information content (AvgIpc) is 2.63. The van der Waals surface area contributed by atoms with Gasteiger partial charge >= 0.3 is 5.97 Å². The van der Waals surface area contributed by atoms with E-state index in [2.05, 4.69) is 20.4 Å². The van der Waals surface area contributed by atoms with Crippen LogP contribution in [0.5, 0.6) is 0 Å². The second-order valence-corrected chi connectivity index (χ2v) is 3.53. The van der Waals surface area contributed by atoms with Crippen molar-refractivity contribution in [3.05, 3.63) is 29.8 Å². The summed E-state index contributed by atoms with van der Waals surface area (Å²) in [5.41, 5.74) is 1.26. The summed E-state index contributed by atoms with van der Waals surface area (Å²) in [6.07, 6.45) is 4.68. The zero-order valence-corrected chi connectivity index (χ0v) is 9.38. The molecule has 0 bridgehead atoms. The van der Waals surface area contributed by atoms with Gasteiger partial charge in [0.05, 0.1) is 23.1 Å². The van der Waals surface area contributed by atoms with Gasteiger partial charge in [-0.2, -0.15) is 5.10 Å². The quantitative estimate of drug-likeness (QED) is 0.820. The molecule has 0 aliphatic rings. The van der Waals surface area contributed by atoms with Gasteiger partial charge in [0, 0.05) is 19.4 Å². The molecule has 0 aromatic carbocycles. The molecule has 0 atom stereocenters. The average molecular weight is 233 g/mol. The first-order chi connectivity index (χ1) is 8.06. The molecule has 7 heteroatoms. The standard InChI is InChI=1S/C10H11N5O2/c1-6-8(9(16)17)4-11-10(13-6)14-7-3-12-15(2)5-7/h3-5H,1-2H3,(H,16,17)(H,11,13,14). The first-order valence-corrected chi connectivity index (χ1v) is 4.89. The van der Waals surface area contributed by atoms with Crippen LogP contribution in [0.15, 0.2) is 18.6 Å². The molecular formula is C10H11N5O2. The van der Waals surface area contributed by atoms with Crippen LogP contribution in [-0.2, 0) is 7.05 Å². The van der Waals surface area contributed by atoms with E-state index in [9.17, 15) is 4.79 Å². The molecule has 2 heterocycles. The predicted octanol–water partition coefficient (Wildman–Crippen LogP) is 0.960. The van der Waals surface area contributed by atoms with Crippen LogP contribution in [0.4, 0.5) is 11.6 Å². The number of anilines is 2. The summed E-state index contributed by atoms with van der Waals surface area (Å²) < 4.78 is 1.64. The number of aryl methyl sites for hydroxylation is 2. The van der Waals surface area contributed by atoms with Crippen molar-refractivity contribution >= 4 is 17.6 Å². The van der Waals surface area contributed by atoms with Crippen LogP contribution >= 0.6 is 0 Å². The number of carbonyl (C=O) groups is 1. The molecule has 88 valence electrons. The number of carboxylic acids is 1. The van der Waals surface area contributed by atoms with Gasteiger partial charge in [-0.25, -0.2) is 14.8 Å². The maximum absolute atomic E-state index is 10.8. The number of aromatic carboxylic acids is 1. The largest absolute Gasteiger partial charge is 0.478 e. The molecule has 7 nitrogen and oxygen atoms in total. The van der Waals surface area contributed by atoms with Crippen molar-refractivity contribution in [2.45, 2.75) is 6.92 Å². The molecule has 0 amide bonds. The highest BCUT2D eigenvalue weighted by Gasteiger charge is 2.10. The molecule has 2 aromatic heterocycles. The number of hydrogen-bond donors (Lipinski definition) is 2. The molecule has 0 spiro atoms. The number of aromatic nitrogens is 4. The lowest BCUT2D eigenvalue weighted by atomic mass is 10.2. The highest BCUT2D eigenvalue weighted by atomic mass is 16.4. The minimum Gasteiger partial charge on any atom is -0.478 e. The van der Waals surface area contributed by atoms with E-state index in [1.807, 2.05) is 0 Å². The Balaban J connectivity index is 2.23. The Morgan fingerprint density at radius 3 is 2.76 bits per heavy atom. The van der Waals surface area contributed by atoms with Gasteiger partial charge in [-0.05, 0) is 6.92 Å². The Hall–Kier alpha value is -2.44. The van der Waals surface area contributed by atoms with Crippen LogP contribution in [0.2, 0.25) is 0 Å². The third-order valence-electron chi connectivity index (χ3n) is 2.17. The first kappa shape index (κ1) is 11.1. The molecule has 2 aromatic rings. The van der Waals surface area contributed by atoms with E-state index in [-0.39, 0.29) is 5.56 Å². The van der Waals surface area contributed by atoms with Crippen molar-refractivity contribution < 1.29 is 9.90 Å². The zero-order valence-electron chi connectivity index (χ0n) is 9.38. The Morgan fingerprint density at radius 1 is 1.47 bits per heavy atom. The van der Waals surface area contributed by atoms with Gasteiger partial charge in [0.15, 0.2) is 0 Å². The fourth-order valence-corrected chi connectivity index (χ4v) is 1.35. The molecule has 0 aliphatic heterocycles. The lowest BCUT2D eigenvalue weighted by Crippen LogP contribution is -2.05. The van der Waals surface area contributed by atoms with E-state index in [0.717, 1.165) is 5.69 Å². The van der Waals surface area contributed by atoms with Gasteiger partial charge in [-0.1, -0.05) is 0 Å². The van der Waals surface area contributed by atoms with Crippen LogP contribution in [0, 0.1) is 6.92 Å². The van der Waals surface area contributed by atoms with Crippen molar-refractivity contribution in [3.63, 3.8) is 0 Å². The fourth-order valence-electron chi connectivity index (χ4n) is 1.35. The van der Waals surface area contributed by atoms with Crippen molar-refractivity contribution in [1.29, 1.82) is 0 Å². The SMILES string of the molecule is Cc1nc(Nc2cnn(C)c2)ncc1C(=O)O. The number of hydrogen-bond acceptors (Lipinski definition) is 5. The van der Waals surface area contributed by atoms with Crippen molar-refractivity contribution in [3.8, 4) is 0 Å². The normalized spacial score (nSPS) is 10.2. The Labute approximate surface area is 97.1 Å². The first-order valence-electron chi connectivity index (χ1n) is 4.89. The van der Waals surface area contributed by atoms with Gasteiger partial charge in [0.1, 0.15) is 0 Å². The molecule has 0 unspecified atom stereocenters. The van der Waals surface area contributed by atoms with Crippen molar-refractivity contribution in [2.24, 2.45) is 7.05 Å². The van der Waals surface area contributed by atoms with E-state index in [4.69, 9.17) is 5.11 Å². The minimum absolute atomic E-state index is 0.0988. The van der Waals surface area contributed by atoms with Crippen LogP contribution in [0.1, 0.15) is 16.1 Å². The summed E-state index contributed by atoms with van der Waals surface area (Å²) in [4.78, 5) is 18.8. The monoisotopic (exact) mass is 233 g/mol. The summed E-state index contributed by atoms with van der Waals surface area (Å²) >= 11 is 0. The van der Waals surface area contributed by atoms with Gasteiger partial charge in [-0.3, -0.25) is 4.68 Å². The predicted molar refractivity (Wildman–Crippen MR) is 60.2 cm³/mol.